The molecule has 102 valence electrons. The van der Waals surface area contributed by atoms with E-state index in [-0.39, 0.29) is 25.4 Å². The Balaban J connectivity index is 1.92. The number of carboxylic acid groups (broad SMARTS) is 1. The summed E-state index contributed by atoms with van der Waals surface area (Å²) < 4.78 is 0. The predicted octanol–water partition coefficient (Wildman–Crippen LogP) is -2.06. The molecule has 2 atom stereocenters. The first-order valence-corrected chi connectivity index (χ1v) is 6.21. The summed E-state index contributed by atoms with van der Waals surface area (Å²) in [4.78, 5) is 26.4. The normalized spacial score (nSPS) is 29.5. The first-order valence-electron chi connectivity index (χ1n) is 6.21. The number of rotatable bonds is 3. The van der Waals surface area contributed by atoms with Crippen molar-refractivity contribution in [1.82, 2.24) is 15.1 Å². The zero-order valence-electron chi connectivity index (χ0n) is 10.2. The number of aliphatic carboxylic acids is 1. The van der Waals surface area contributed by atoms with Crippen LogP contribution in [0.4, 0.5) is 0 Å². The molecule has 0 spiro atoms. The van der Waals surface area contributed by atoms with Crippen LogP contribution in [0.2, 0.25) is 0 Å². The Labute approximate surface area is 105 Å². The van der Waals surface area contributed by atoms with Gasteiger partial charge in [-0.05, 0) is 0 Å². The lowest BCUT2D eigenvalue weighted by Crippen LogP contribution is -2.50. The third kappa shape index (κ3) is 2.98. The fourth-order valence-electron chi connectivity index (χ4n) is 2.47. The minimum atomic E-state index is -1.04. The molecule has 3 N–H and O–H groups in total. The van der Waals surface area contributed by atoms with Gasteiger partial charge in [0.1, 0.15) is 6.04 Å². The second-order valence-electron chi connectivity index (χ2n) is 4.82. The third-order valence-electron chi connectivity index (χ3n) is 3.45. The van der Waals surface area contributed by atoms with E-state index in [1.54, 1.807) is 0 Å². The topological polar surface area (TPSA) is 93.1 Å². The lowest BCUT2D eigenvalue weighted by molar-refractivity contribution is -0.148. The van der Waals surface area contributed by atoms with E-state index in [0.717, 1.165) is 26.2 Å². The van der Waals surface area contributed by atoms with Gasteiger partial charge in [-0.25, -0.2) is 4.79 Å². The Morgan fingerprint density at radius 2 is 1.94 bits per heavy atom. The van der Waals surface area contributed by atoms with Crippen LogP contribution in [0.25, 0.3) is 0 Å². The van der Waals surface area contributed by atoms with Crippen molar-refractivity contribution < 1.29 is 19.8 Å². The molecule has 0 aliphatic carbocycles. The highest BCUT2D eigenvalue weighted by atomic mass is 16.4. The molecule has 0 radical (unpaired) electrons. The Morgan fingerprint density at radius 1 is 1.28 bits per heavy atom. The van der Waals surface area contributed by atoms with E-state index in [9.17, 15) is 14.7 Å². The highest BCUT2D eigenvalue weighted by molar-refractivity contribution is 5.85. The van der Waals surface area contributed by atoms with E-state index in [1.165, 1.54) is 4.90 Å². The highest BCUT2D eigenvalue weighted by Gasteiger charge is 2.39. The molecule has 1 amide bonds. The molecule has 2 saturated heterocycles. The lowest BCUT2D eigenvalue weighted by Gasteiger charge is -2.29. The second-order valence-corrected chi connectivity index (χ2v) is 4.82. The van der Waals surface area contributed by atoms with Gasteiger partial charge in [0.25, 0.3) is 0 Å². The van der Waals surface area contributed by atoms with Crippen LogP contribution in [0.3, 0.4) is 0 Å². The summed E-state index contributed by atoms with van der Waals surface area (Å²) >= 11 is 0. The maximum atomic E-state index is 12.1. The number of nitrogens with one attached hydrogen (secondary N) is 1. The Bertz CT molecular complexity index is 330. The molecule has 0 unspecified atom stereocenters. The van der Waals surface area contributed by atoms with Crippen LogP contribution in [0.1, 0.15) is 6.42 Å². The molecule has 0 aromatic carbocycles. The summed E-state index contributed by atoms with van der Waals surface area (Å²) in [7, 11) is 0. The molecular weight excluding hydrogens is 238 g/mol. The number of β-amino-alcohol motifs (C(OH)–C–C–N with tert-alkyl or cyclic N) is 1. The molecule has 0 bridgehead atoms. The molecule has 0 aromatic rings. The van der Waals surface area contributed by atoms with Crippen LogP contribution < -0.4 is 5.32 Å². The van der Waals surface area contributed by atoms with E-state index < -0.39 is 18.1 Å². The van der Waals surface area contributed by atoms with E-state index in [2.05, 4.69) is 5.32 Å². The molecule has 18 heavy (non-hydrogen) atoms. The van der Waals surface area contributed by atoms with Crippen molar-refractivity contribution in [3.63, 3.8) is 0 Å². The van der Waals surface area contributed by atoms with Crippen molar-refractivity contribution in [1.29, 1.82) is 0 Å². The van der Waals surface area contributed by atoms with Gasteiger partial charge in [0.2, 0.25) is 5.91 Å². The SMILES string of the molecule is O=C(O)[C@H]1C[C@@H](O)CN1C(=O)CN1CCNCC1. The van der Waals surface area contributed by atoms with Crippen molar-refractivity contribution in [3.05, 3.63) is 0 Å². The Hall–Kier alpha value is -1.18. The fourth-order valence-corrected chi connectivity index (χ4v) is 2.47. The van der Waals surface area contributed by atoms with E-state index in [0.29, 0.717) is 0 Å². The average molecular weight is 257 g/mol. The molecule has 7 heteroatoms. The first kappa shape index (κ1) is 13.3. The smallest absolute Gasteiger partial charge is 0.326 e. The molecule has 2 fully saturated rings. The number of aliphatic hydroxyl groups excluding tert-OH is 1. The van der Waals surface area contributed by atoms with E-state index in [4.69, 9.17) is 5.11 Å². The predicted molar refractivity (Wildman–Crippen MR) is 63.1 cm³/mol. The lowest BCUT2D eigenvalue weighted by atomic mass is 10.2. The van der Waals surface area contributed by atoms with Gasteiger partial charge >= 0.3 is 5.97 Å². The highest BCUT2D eigenvalue weighted by Crippen LogP contribution is 2.18. The minimum Gasteiger partial charge on any atom is -0.480 e. The van der Waals surface area contributed by atoms with Crippen LogP contribution in [0.5, 0.6) is 0 Å². The molecular formula is C11H19N3O4. The van der Waals surface area contributed by atoms with Crippen LogP contribution in [-0.4, -0.2) is 83.3 Å². The van der Waals surface area contributed by atoms with Gasteiger partial charge in [-0.3, -0.25) is 9.69 Å². The number of amides is 1. The Morgan fingerprint density at radius 3 is 2.56 bits per heavy atom. The summed E-state index contributed by atoms with van der Waals surface area (Å²) in [5, 5.41) is 21.7. The maximum absolute atomic E-state index is 12.1. The summed E-state index contributed by atoms with van der Waals surface area (Å²) in [6.45, 7) is 3.64. The zero-order valence-corrected chi connectivity index (χ0v) is 10.2. The number of likely N-dealkylation sites (tertiary alicyclic amines) is 1. The third-order valence-corrected chi connectivity index (χ3v) is 3.45. The second kappa shape index (κ2) is 5.64. The number of nitrogens with zero attached hydrogens (tertiary/aromatic N) is 2. The van der Waals surface area contributed by atoms with Gasteiger partial charge in [-0.1, -0.05) is 0 Å². The number of carbonyl (C=O) groups is 2. The standard InChI is InChI=1S/C11H19N3O4/c15-8-5-9(11(17)18)14(6-8)10(16)7-13-3-1-12-2-4-13/h8-9,12,15H,1-7H2,(H,17,18)/t8-,9-/m1/s1. The van der Waals surface area contributed by atoms with Crippen molar-refractivity contribution in [2.45, 2.75) is 18.6 Å². The molecule has 0 aromatic heterocycles. The zero-order chi connectivity index (χ0) is 13.1. The van der Waals surface area contributed by atoms with Gasteiger partial charge in [0.15, 0.2) is 0 Å². The quantitative estimate of drug-likeness (QED) is 0.538. The molecule has 7 nitrogen and oxygen atoms in total. The fraction of sp³-hybridized carbons (Fsp3) is 0.818. The number of piperazine rings is 1. The summed E-state index contributed by atoms with van der Waals surface area (Å²) in [5.41, 5.74) is 0. The number of hydrogen-bond acceptors (Lipinski definition) is 5. The molecule has 2 aliphatic rings. The molecule has 2 heterocycles. The van der Waals surface area contributed by atoms with E-state index in [1.807, 2.05) is 4.90 Å². The maximum Gasteiger partial charge on any atom is 0.326 e. The number of carbonyl (C=O) groups excluding carboxylic acids is 1. The largest absolute Gasteiger partial charge is 0.480 e. The molecule has 2 aliphatic heterocycles. The van der Waals surface area contributed by atoms with Crippen LogP contribution in [-0.2, 0) is 9.59 Å². The average Bonchev–Trinajstić information content (AvgIpc) is 2.73. The minimum absolute atomic E-state index is 0.127. The number of hydrogen-bond donors (Lipinski definition) is 3. The molecule has 2 rings (SSSR count). The van der Waals surface area contributed by atoms with Gasteiger partial charge in [-0.2, -0.15) is 0 Å². The van der Waals surface area contributed by atoms with Crippen molar-refractivity contribution in [3.8, 4) is 0 Å². The van der Waals surface area contributed by atoms with Crippen molar-refractivity contribution in [2.24, 2.45) is 0 Å². The van der Waals surface area contributed by atoms with Crippen molar-refractivity contribution in [2.75, 3.05) is 39.3 Å². The van der Waals surface area contributed by atoms with E-state index >= 15 is 0 Å². The summed E-state index contributed by atoms with van der Waals surface area (Å²) in [5.74, 6) is -1.25. The van der Waals surface area contributed by atoms with Crippen LogP contribution >= 0.6 is 0 Å². The summed E-state index contributed by atoms with van der Waals surface area (Å²) in [6, 6.07) is -0.879. The van der Waals surface area contributed by atoms with Gasteiger partial charge in [0, 0.05) is 39.1 Å². The number of carboxylic acids is 1. The number of aliphatic hydroxyl groups is 1. The van der Waals surface area contributed by atoms with Crippen LogP contribution in [0, 0.1) is 0 Å². The molecule has 0 saturated carbocycles. The van der Waals surface area contributed by atoms with Gasteiger partial charge in [0.05, 0.1) is 12.6 Å². The van der Waals surface area contributed by atoms with Crippen LogP contribution in [0.15, 0.2) is 0 Å². The van der Waals surface area contributed by atoms with Gasteiger partial charge < -0.3 is 20.4 Å². The monoisotopic (exact) mass is 257 g/mol. The van der Waals surface area contributed by atoms with Gasteiger partial charge in [-0.15, -0.1) is 0 Å². The first-order chi connectivity index (χ1) is 8.58. The Kier molecular flexibility index (Phi) is 4.15. The summed E-state index contributed by atoms with van der Waals surface area (Å²) in [6.07, 6.45) is -0.596. The van der Waals surface area contributed by atoms with Crippen molar-refractivity contribution >= 4 is 11.9 Å².